The summed E-state index contributed by atoms with van der Waals surface area (Å²) >= 11 is 0. The molecular formula is C11H21N3O2. The maximum Gasteiger partial charge on any atom is 0.243 e. The highest BCUT2D eigenvalue weighted by molar-refractivity contribution is 5.90. The highest BCUT2D eigenvalue weighted by atomic mass is 16.2. The first-order valence-electron chi connectivity index (χ1n) is 5.69. The molecule has 1 fully saturated rings. The van der Waals surface area contributed by atoms with Crippen LogP contribution in [0.1, 0.15) is 26.2 Å². The first kappa shape index (κ1) is 13.0. The van der Waals surface area contributed by atoms with E-state index < -0.39 is 5.54 Å². The van der Waals surface area contributed by atoms with Gasteiger partial charge in [-0.3, -0.25) is 9.59 Å². The molecule has 0 aromatic heterocycles. The van der Waals surface area contributed by atoms with E-state index >= 15 is 0 Å². The first-order chi connectivity index (χ1) is 7.40. The van der Waals surface area contributed by atoms with Crippen LogP contribution in [0.4, 0.5) is 0 Å². The van der Waals surface area contributed by atoms with E-state index in [2.05, 4.69) is 0 Å². The lowest BCUT2D eigenvalue weighted by atomic mass is 9.76. The Kier molecular flexibility index (Phi) is 3.91. The lowest BCUT2D eigenvalue weighted by Crippen LogP contribution is -2.60. The third-order valence-electron chi connectivity index (χ3n) is 3.17. The van der Waals surface area contributed by atoms with Gasteiger partial charge in [0.15, 0.2) is 0 Å². The molecule has 2 amide bonds. The van der Waals surface area contributed by atoms with Crippen LogP contribution in [0.2, 0.25) is 0 Å². The summed E-state index contributed by atoms with van der Waals surface area (Å²) in [6, 6.07) is 0. The first-order valence-corrected chi connectivity index (χ1v) is 5.69. The number of hydrogen-bond donors (Lipinski definition) is 1. The topological polar surface area (TPSA) is 66.6 Å². The van der Waals surface area contributed by atoms with E-state index in [1.54, 1.807) is 19.0 Å². The Bertz CT molecular complexity index is 285. The van der Waals surface area contributed by atoms with Gasteiger partial charge in [0, 0.05) is 20.6 Å². The van der Waals surface area contributed by atoms with Gasteiger partial charge in [-0.15, -0.1) is 0 Å². The molecule has 0 heterocycles. The monoisotopic (exact) mass is 227 g/mol. The van der Waals surface area contributed by atoms with Gasteiger partial charge in [-0.05, 0) is 26.2 Å². The highest BCUT2D eigenvalue weighted by Crippen LogP contribution is 2.30. The Morgan fingerprint density at radius 2 is 1.88 bits per heavy atom. The van der Waals surface area contributed by atoms with Crippen molar-refractivity contribution in [3.63, 3.8) is 0 Å². The lowest BCUT2D eigenvalue weighted by Gasteiger charge is -2.40. The molecule has 0 radical (unpaired) electrons. The normalized spacial score (nSPS) is 17.5. The maximum absolute atomic E-state index is 12.1. The minimum absolute atomic E-state index is 0.0712. The summed E-state index contributed by atoms with van der Waals surface area (Å²) in [5.41, 5.74) is 5.25. The summed E-state index contributed by atoms with van der Waals surface area (Å²) in [4.78, 5) is 26.6. The molecule has 92 valence electrons. The standard InChI is InChI=1S/C11H21N3O2/c1-4-14(8-9(15)13(2)3)10(16)11(12)6-5-7-11/h4-8,12H2,1-3H3. The van der Waals surface area contributed by atoms with Crippen molar-refractivity contribution in [2.75, 3.05) is 27.2 Å². The summed E-state index contributed by atoms with van der Waals surface area (Å²) in [5, 5.41) is 0. The Morgan fingerprint density at radius 1 is 1.31 bits per heavy atom. The lowest BCUT2D eigenvalue weighted by molar-refractivity contribution is -0.145. The third-order valence-corrected chi connectivity index (χ3v) is 3.17. The number of nitrogens with two attached hydrogens (primary N) is 1. The van der Waals surface area contributed by atoms with Crippen LogP contribution in [0.5, 0.6) is 0 Å². The molecule has 2 N–H and O–H groups in total. The van der Waals surface area contributed by atoms with Crippen molar-refractivity contribution in [2.45, 2.75) is 31.7 Å². The van der Waals surface area contributed by atoms with Crippen LogP contribution in [-0.2, 0) is 9.59 Å². The second kappa shape index (κ2) is 4.82. The molecule has 0 atom stereocenters. The zero-order chi connectivity index (χ0) is 12.3. The molecule has 1 aliphatic carbocycles. The largest absolute Gasteiger partial charge is 0.347 e. The van der Waals surface area contributed by atoms with Gasteiger partial charge in [0.1, 0.15) is 0 Å². The average molecular weight is 227 g/mol. The summed E-state index contributed by atoms with van der Waals surface area (Å²) in [5.74, 6) is -0.158. The molecule has 0 aromatic rings. The van der Waals surface area contributed by atoms with Crippen LogP contribution in [0.25, 0.3) is 0 Å². The summed E-state index contributed by atoms with van der Waals surface area (Å²) in [7, 11) is 3.37. The molecule has 1 aliphatic rings. The van der Waals surface area contributed by atoms with E-state index in [1.165, 1.54) is 4.90 Å². The van der Waals surface area contributed by atoms with Crippen LogP contribution < -0.4 is 5.73 Å². The van der Waals surface area contributed by atoms with Gasteiger partial charge in [0.05, 0.1) is 12.1 Å². The fourth-order valence-electron chi connectivity index (χ4n) is 1.72. The molecule has 1 rings (SSSR count). The number of carbonyl (C=O) groups is 2. The van der Waals surface area contributed by atoms with Crippen molar-refractivity contribution >= 4 is 11.8 Å². The maximum atomic E-state index is 12.1. The van der Waals surface area contributed by atoms with E-state index in [0.29, 0.717) is 6.54 Å². The molecule has 0 aliphatic heterocycles. The molecule has 0 bridgehead atoms. The van der Waals surface area contributed by atoms with Crippen molar-refractivity contribution in [2.24, 2.45) is 5.73 Å². The van der Waals surface area contributed by atoms with Crippen LogP contribution in [0.15, 0.2) is 0 Å². The predicted molar refractivity (Wildman–Crippen MR) is 61.7 cm³/mol. The minimum atomic E-state index is -0.706. The van der Waals surface area contributed by atoms with Gasteiger partial charge < -0.3 is 15.5 Å². The van der Waals surface area contributed by atoms with E-state index in [1.807, 2.05) is 6.92 Å². The molecule has 1 saturated carbocycles. The summed E-state index contributed by atoms with van der Waals surface area (Å²) in [6.45, 7) is 2.52. The van der Waals surface area contributed by atoms with Gasteiger partial charge in [-0.25, -0.2) is 0 Å². The number of hydrogen-bond acceptors (Lipinski definition) is 3. The minimum Gasteiger partial charge on any atom is -0.347 e. The number of carbonyl (C=O) groups excluding carboxylic acids is 2. The molecule has 0 unspecified atom stereocenters. The number of amides is 2. The Morgan fingerprint density at radius 3 is 2.19 bits per heavy atom. The summed E-state index contributed by atoms with van der Waals surface area (Å²) < 4.78 is 0. The highest BCUT2D eigenvalue weighted by Gasteiger charge is 2.42. The molecule has 0 saturated heterocycles. The molecular weight excluding hydrogens is 206 g/mol. The number of rotatable bonds is 4. The average Bonchev–Trinajstić information content (AvgIpc) is 2.20. The van der Waals surface area contributed by atoms with Gasteiger partial charge in [0.25, 0.3) is 0 Å². The Hall–Kier alpha value is -1.10. The zero-order valence-corrected chi connectivity index (χ0v) is 10.3. The molecule has 16 heavy (non-hydrogen) atoms. The Labute approximate surface area is 96.6 Å². The number of nitrogens with zero attached hydrogens (tertiary/aromatic N) is 2. The van der Waals surface area contributed by atoms with Crippen LogP contribution in [0, 0.1) is 0 Å². The second-order valence-electron chi connectivity index (χ2n) is 4.62. The second-order valence-corrected chi connectivity index (χ2v) is 4.62. The van der Waals surface area contributed by atoms with E-state index in [9.17, 15) is 9.59 Å². The van der Waals surface area contributed by atoms with Gasteiger partial charge in [-0.2, -0.15) is 0 Å². The van der Waals surface area contributed by atoms with Crippen LogP contribution >= 0.6 is 0 Å². The molecule has 5 heteroatoms. The van der Waals surface area contributed by atoms with Gasteiger partial charge in [0.2, 0.25) is 11.8 Å². The molecule has 0 aromatic carbocycles. The fourth-order valence-corrected chi connectivity index (χ4v) is 1.72. The van der Waals surface area contributed by atoms with E-state index in [-0.39, 0.29) is 18.4 Å². The van der Waals surface area contributed by atoms with Gasteiger partial charge in [-0.1, -0.05) is 0 Å². The fraction of sp³-hybridized carbons (Fsp3) is 0.818. The van der Waals surface area contributed by atoms with Crippen molar-refractivity contribution in [1.82, 2.24) is 9.80 Å². The quantitative estimate of drug-likeness (QED) is 0.723. The van der Waals surface area contributed by atoms with Crippen LogP contribution in [-0.4, -0.2) is 54.3 Å². The third kappa shape index (κ3) is 2.52. The summed E-state index contributed by atoms with van der Waals surface area (Å²) in [6.07, 6.45) is 2.47. The Balaban J connectivity index is 2.60. The van der Waals surface area contributed by atoms with Crippen molar-refractivity contribution in [3.8, 4) is 0 Å². The number of likely N-dealkylation sites (N-methyl/N-ethyl adjacent to an activating group) is 2. The zero-order valence-electron chi connectivity index (χ0n) is 10.3. The van der Waals surface area contributed by atoms with E-state index in [0.717, 1.165) is 19.3 Å². The van der Waals surface area contributed by atoms with Crippen molar-refractivity contribution < 1.29 is 9.59 Å². The van der Waals surface area contributed by atoms with Gasteiger partial charge >= 0.3 is 0 Å². The predicted octanol–water partition coefficient (Wildman–Crippen LogP) is -0.195. The molecule has 0 spiro atoms. The van der Waals surface area contributed by atoms with Crippen molar-refractivity contribution in [3.05, 3.63) is 0 Å². The van der Waals surface area contributed by atoms with E-state index in [4.69, 9.17) is 5.73 Å². The SMILES string of the molecule is CCN(CC(=O)N(C)C)C(=O)C1(N)CCC1. The van der Waals surface area contributed by atoms with Crippen LogP contribution in [0.3, 0.4) is 0 Å². The smallest absolute Gasteiger partial charge is 0.243 e. The molecule has 5 nitrogen and oxygen atoms in total. The van der Waals surface area contributed by atoms with Crippen molar-refractivity contribution in [1.29, 1.82) is 0 Å².